The van der Waals surface area contributed by atoms with Crippen molar-refractivity contribution in [1.82, 2.24) is 0 Å². The summed E-state index contributed by atoms with van der Waals surface area (Å²) >= 11 is 0. The minimum absolute atomic E-state index is 0. The Labute approximate surface area is 103 Å². The molecule has 0 unspecified atom stereocenters. The molecular formula is H5FKO3PPb. The van der Waals surface area contributed by atoms with Gasteiger partial charge in [0.05, 0.1) is 0 Å². The van der Waals surface area contributed by atoms with Crippen molar-refractivity contribution in [2.75, 3.05) is 0 Å². The second kappa shape index (κ2) is 6.75. The summed E-state index contributed by atoms with van der Waals surface area (Å²) in [7, 11) is -5.14. The zero-order valence-corrected chi connectivity index (χ0v) is 9.23. The molecule has 7 heteroatoms. The summed E-state index contributed by atoms with van der Waals surface area (Å²) in [6.07, 6.45) is 0. The predicted octanol–water partition coefficient (Wildman–Crippen LogP) is -1.52. The van der Waals surface area contributed by atoms with Crippen molar-refractivity contribution in [3.8, 4) is 0 Å². The fraction of sp³-hybridized carbons (Fsp3) is 0. The second-order valence-electron chi connectivity index (χ2n) is 0.473. The van der Waals surface area contributed by atoms with Gasteiger partial charge in [0.2, 0.25) is 0 Å². The predicted molar refractivity (Wildman–Crippen MR) is 28.8 cm³/mol. The van der Waals surface area contributed by atoms with E-state index in [4.69, 9.17) is 14.4 Å². The van der Waals surface area contributed by atoms with Gasteiger partial charge in [0.25, 0.3) is 0 Å². The van der Waals surface area contributed by atoms with Crippen LogP contribution in [0.1, 0.15) is 0 Å². The maximum atomic E-state index is 10.4. The van der Waals surface area contributed by atoms with Crippen LogP contribution in [-0.4, -0.2) is 88.5 Å². The van der Waals surface area contributed by atoms with Crippen molar-refractivity contribution >= 4 is 86.6 Å². The van der Waals surface area contributed by atoms with E-state index in [1.807, 2.05) is 0 Å². The quantitative estimate of drug-likeness (QED) is 0.413. The molecule has 0 aliphatic carbocycles. The third-order valence-corrected chi connectivity index (χ3v) is 0. The molecule has 0 fully saturated rings. The van der Waals surface area contributed by atoms with Crippen LogP contribution < -0.4 is 0 Å². The van der Waals surface area contributed by atoms with Gasteiger partial charge in [-0.3, -0.25) is 9.79 Å². The summed E-state index contributed by atoms with van der Waals surface area (Å²) in [5.41, 5.74) is 0. The summed E-state index contributed by atoms with van der Waals surface area (Å²) in [4.78, 5) is 13.9. The summed E-state index contributed by atoms with van der Waals surface area (Å²) in [6, 6.07) is 0. The second-order valence-corrected chi connectivity index (χ2v) is 1.42. The first kappa shape index (κ1) is 16.3. The van der Waals surface area contributed by atoms with Crippen LogP contribution in [0.4, 0.5) is 4.20 Å². The molecule has 0 aliphatic rings. The molecule has 7 heavy (non-hydrogen) atoms. The molecule has 0 saturated carbocycles. The maximum absolute atomic E-state index is 10.4. The molecule has 40 valence electrons. The van der Waals surface area contributed by atoms with E-state index < -0.39 is 7.91 Å². The van der Waals surface area contributed by atoms with Crippen molar-refractivity contribution in [1.29, 1.82) is 0 Å². The van der Waals surface area contributed by atoms with E-state index in [9.17, 15) is 4.20 Å². The molecule has 2 radical (unpaired) electrons. The van der Waals surface area contributed by atoms with Gasteiger partial charge in [-0.15, -0.1) is 4.20 Å². The normalized spacial score (nSPS) is 8.43. The van der Waals surface area contributed by atoms with E-state index in [-0.39, 0.29) is 78.7 Å². The molecule has 0 saturated heterocycles. The van der Waals surface area contributed by atoms with Crippen molar-refractivity contribution in [2.45, 2.75) is 0 Å². The van der Waals surface area contributed by atoms with Crippen LogP contribution in [0.2, 0.25) is 0 Å². The van der Waals surface area contributed by atoms with Gasteiger partial charge in [0.15, 0.2) is 0 Å². The molecule has 0 rings (SSSR count). The van der Waals surface area contributed by atoms with Crippen LogP contribution in [-0.2, 0) is 4.57 Å². The van der Waals surface area contributed by atoms with E-state index >= 15 is 0 Å². The molecule has 0 heterocycles. The Morgan fingerprint density at radius 3 is 1.43 bits per heavy atom. The van der Waals surface area contributed by atoms with Gasteiger partial charge in [-0.2, -0.15) is 0 Å². The molecule has 0 aromatic carbocycles. The third kappa shape index (κ3) is 54.7. The average molecular weight is 349 g/mol. The third-order valence-electron chi connectivity index (χ3n) is 0. The van der Waals surface area contributed by atoms with Crippen LogP contribution >= 0.6 is 7.91 Å². The van der Waals surface area contributed by atoms with Crippen molar-refractivity contribution in [2.24, 2.45) is 0 Å². The molecule has 0 aromatic rings. The summed E-state index contributed by atoms with van der Waals surface area (Å²) < 4.78 is 19.0. The Balaban J connectivity index is -0.0000000800. The molecule has 0 aromatic heterocycles. The van der Waals surface area contributed by atoms with Crippen molar-refractivity contribution < 1.29 is 18.5 Å². The summed E-state index contributed by atoms with van der Waals surface area (Å²) in [5, 5.41) is 0. The van der Waals surface area contributed by atoms with E-state index in [2.05, 4.69) is 0 Å². The van der Waals surface area contributed by atoms with Gasteiger partial charge >= 0.3 is 86.6 Å². The van der Waals surface area contributed by atoms with E-state index in [0.717, 1.165) is 0 Å². The van der Waals surface area contributed by atoms with Crippen LogP contribution in [0.25, 0.3) is 0 Å². The molecule has 0 spiro atoms. The molecular weight excluding hydrogens is 344 g/mol. The molecule has 0 bridgehead atoms. The Hall–Kier alpha value is 2.64. The summed E-state index contributed by atoms with van der Waals surface area (Å²) in [6.45, 7) is 0. The van der Waals surface area contributed by atoms with Crippen LogP contribution in [0.5, 0.6) is 0 Å². The number of halogens is 1. The standard InChI is InChI=1S/FH2O3P.K.Pb.3H/c1-5(2,3)4;;;;;/h(H2,2,3,4);;;;;. The number of rotatable bonds is 0. The van der Waals surface area contributed by atoms with Crippen molar-refractivity contribution in [3.63, 3.8) is 0 Å². The van der Waals surface area contributed by atoms with E-state index in [1.54, 1.807) is 0 Å². The van der Waals surface area contributed by atoms with Gasteiger partial charge < -0.3 is 0 Å². The first-order chi connectivity index (χ1) is 2.00. The zero-order chi connectivity index (χ0) is 4.50. The van der Waals surface area contributed by atoms with Gasteiger partial charge in [0, 0.05) is 0 Å². The zero-order valence-electron chi connectivity index (χ0n) is 2.83. The van der Waals surface area contributed by atoms with E-state index in [1.165, 1.54) is 0 Å². The van der Waals surface area contributed by atoms with Crippen LogP contribution in [0.3, 0.4) is 0 Å². The van der Waals surface area contributed by atoms with E-state index in [0.29, 0.717) is 0 Å². The van der Waals surface area contributed by atoms with Gasteiger partial charge in [0.1, 0.15) is 0 Å². The Bertz CT molecular complexity index is 61.1. The van der Waals surface area contributed by atoms with Gasteiger partial charge in [-0.05, 0) is 0 Å². The van der Waals surface area contributed by atoms with Gasteiger partial charge in [-0.1, -0.05) is 0 Å². The fourth-order valence-electron chi connectivity index (χ4n) is 0. The molecule has 2 N–H and O–H groups in total. The van der Waals surface area contributed by atoms with Gasteiger partial charge in [-0.25, -0.2) is 4.57 Å². The molecule has 0 atom stereocenters. The first-order valence-electron chi connectivity index (χ1n) is 0.752. The number of hydrogen-bond acceptors (Lipinski definition) is 1. The Kier molecular flexibility index (Phi) is 15.7. The Morgan fingerprint density at radius 2 is 1.43 bits per heavy atom. The molecule has 0 amide bonds. The SMILES string of the molecule is O=P(O)(O)F.[KH].[PbH2]. The average Bonchev–Trinajstić information content (AvgIpc) is 0.722. The Morgan fingerprint density at radius 1 is 1.43 bits per heavy atom. The first-order valence-corrected chi connectivity index (χ1v) is 2.25. The minimum atomic E-state index is -5.14. The molecule has 3 nitrogen and oxygen atoms in total. The molecule has 0 aliphatic heterocycles. The number of hydrogen-bond donors (Lipinski definition) is 2. The van der Waals surface area contributed by atoms with Crippen LogP contribution in [0, 0.1) is 0 Å². The monoisotopic (exact) mass is 350 g/mol. The topological polar surface area (TPSA) is 57.5 Å². The fourth-order valence-corrected chi connectivity index (χ4v) is 0. The van der Waals surface area contributed by atoms with Crippen LogP contribution in [0.15, 0.2) is 0 Å². The summed E-state index contributed by atoms with van der Waals surface area (Å²) in [5.74, 6) is 0. The van der Waals surface area contributed by atoms with Crippen molar-refractivity contribution in [3.05, 3.63) is 0 Å².